The molecule has 0 bridgehead atoms. The molecule has 5 heteroatoms. The summed E-state index contributed by atoms with van der Waals surface area (Å²) in [5.41, 5.74) is 8.19. The Morgan fingerprint density at radius 2 is 0.774 bits per heavy atom. The number of aromatic nitrogens is 5. The Morgan fingerprint density at radius 1 is 0.302 bits per heavy atom. The molecule has 0 radical (unpaired) electrons. The second-order valence-electron chi connectivity index (χ2n) is 14.2. The summed E-state index contributed by atoms with van der Waals surface area (Å²) in [5, 5.41) is 24.9. The van der Waals surface area contributed by atoms with Gasteiger partial charge in [0.2, 0.25) is 0 Å². The predicted molar refractivity (Wildman–Crippen MR) is 220 cm³/mol. The second-order valence-corrected chi connectivity index (χ2v) is 14.2. The summed E-state index contributed by atoms with van der Waals surface area (Å²) in [6, 6.07) is 59.2. The van der Waals surface area contributed by atoms with Crippen molar-refractivity contribution in [1.29, 1.82) is 0 Å². The molecule has 5 heterocycles. The zero-order chi connectivity index (χ0) is 34.4. The van der Waals surface area contributed by atoms with Gasteiger partial charge in [-0.15, -0.1) is 10.2 Å². The van der Waals surface area contributed by atoms with Crippen molar-refractivity contribution < 1.29 is 0 Å². The van der Waals surface area contributed by atoms with Gasteiger partial charge in [0.1, 0.15) is 0 Å². The molecule has 0 unspecified atom stereocenters. The first-order valence-corrected chi connectivity index (χ1v) is 18.1. The standard InChI is InChI=1S/C48H27N5/c1-2-14-29-28(13-1)25-26-41-43(29)45-42(27-36-32-17-7-9-21-37(32)51-40-24-12-8-20-35(40)44(45)46(36)51)53(41)48-34-19-4-3-18-33(34)47(49-50-48)52-38-22-10-5-15-30(38)31-16-6-11-23-39(31)52/h1-27H. The van der Waals surface area contributed by atoms with Crippen LogP contribution >= 0.6 is 0 Å². The molecule has 13 aromatic rings. The maximum absolute atomic E-state index is 5.23. The van der Waals surface area contributed by atoms with Gasteiger partial charge in [0.25, 0.3) is 0 Å². The Bertz CT molecular complexity index is 3640. The number of fused-ring (bicyclic) bond motifs is 16. The molecule has 0 amide bonds. The molecule has 5 nitrogen and oxygen atoms in total. The Hall–Kier alpha value is -7.24. The topological polar surface area (TPSA) is 40.1 Å². The van der Waals surface area contributed by atoms with Crippen LogP contribution in [0.4, 0.5) is 0 Å². The number of rotatable bonds is 2. The molecule has 0 aliphatic heterocycles. The lowest BCUT2D eigenvalue weighted by molar-refractivity contribution is 0.930. The van der Waals surface area contributed by atoms with Crippen LogP contribution in [-0.2, 0) is 0 Å². The molecular weight excluding hydrogens is 647 g/mol. The Kier molecular flexibility index (Phi) is 5.06. The van der Waals surface area contributed by atoms with Crippen LogP contribution in [-0.4, -0.2) is 23.7 Å². The highest BCUT2D eigenvalue weighted by molar-refractivity contribution is 6.38. The van der Waals surface area contributed by atoms with E-state index < -0.39 is 0 Å². The monoisotopic (exact) mass is 673 g/mol. The van der Waals surface area contributed by atoms with E-state index >= 15 is 0 Å². The molecule has 0 aliphatic carbocycles. The molecule has 0 saturated carbocycles. The van der Waals surface area contributed by atoms with Gasteiger partial charge < -0.3 is 4.40 Å². The number of benzene rings is 8. The van der Waals surface area contributed by atoms with E-state index in [1.165, 1.54) is 70.4 Å². The first-order valence-electron chi connectivity index (χ1n) is 18.1. The average molecular weight is 674 g/mol. The van der Waals surface area contributed by atoms with Crippen LogP contribution in [0.3, 0.4) is 0 Å². The molecule has 8 aromatic carbocycles. The summed E-state index contributed by atoms with van der Waals surface area (Å²) >= 11 is 0. The number of hydrogen-bond donors (Lipinski definition) is 0. The van der Waals surface area contributed by atoms with Gasteiger partial charge >= 0.3 is 0 Å². The smallest absolute Gasteiger partial charge is 0.168 e. The molecule has 0 N–H and O–H groups in total. The quantitative estimate of drug-likeness (QED) is 0.183. The molecule has 0 saturated heterocycles. The summed E-state index contributed by atoms with van der Waals surface area (Å²) in [5.74, 6) is 1.65. The van der Waals surface area contributed by atoms with Crippen LogP contribution in [0.2, 0.25) is 0 Å². The third kappa shape index (κ3) is 3.33. The fourth-order valence-electron chi connectivity index (χ4n) is 9.56. The van der Waals surface area contributed by atoms with Gasteiger partial charge in [-0.1, -0.05) is 127 Å². The van der Waals surface area contributed by atoms with Gasteiger partial charge in [0, 0.05) is 53.9 Å². The minimum atomic E-state index is 0.821. The van der Waals surface area contributed by atoms with Crippen LogP contribution in [0.25, 0.3) is 115 Å². The van der Waals surface area contributed by atoms with Gasteiger partial charge in [-0.05, 0) is 47.2 Å². The number of nitrogens with zero attached hydrogens (tertiary/aromatic N) is 5. The van der Waals surface area contributed by atoms with Crippen LogP contribution in [0.15, 0.2) is 164 Å². The number of para-hydroxylation sites is 4. The molecule has 0 atom stereocenters. The zero-order valence-electron chi connectivity index (χ0n) is 28.3. The predicted octanol–water partition coefficient (Wildman–Crippen LogP) is 12.1. The minimum absolute atomic E-state index is 0.821. The highest BCUT2D eigenvalue weighted by Crippen LogP contribution is 2.48. The molecule has 244 valence electrons. The van der Waals surface area contributed by atoms with E-state index in [0.29, 0.717) is 0 Å². The first kappa shape index (κ1) is 27.5. The summed E-state index contributed by atoms with van der Waals surface area (Å²) in [7, 11) is 0. The van der Waals surface area contributed by atoms with E-state index in [2.05, 4.69) is 177 Å². The maximum atomic E-state index is 5.23. The van der Waals surface area contributed by atoms with Gasteiger partial charge in [0.15, 0.2) is 11.6 Å². The normalized spacial score (nSPS) is 12.5. The summed E-state index contributed by atoms with van der Waals surface area (Å²) in [6.07, 6.45) is 0. The fourth-order valence-corrected chi connectivity index (χ4v) is 9.56. The highest BCUT2D eigenvalue weighted by Gasteiger charge is 2.26. The minimum Gasteiger partial charge on any atom is -0.308 e. The van der Waals surface area contributed by atoms with Crippen molar-refractivity contribution in [2.24, 2.45) is 0 Å². The van der Waals surface area contributed by atoms with Crippen LogP contribution in [0.1, 0.15) is 0 Å². The lowest BCUT2D eigenvalue weighted by Crippen LogP contribution is -2.06. The Morgan fingerprint density at radius 3 is 1.42 bits per heavy atom. The lowest BCUT2D eigenvalue weighted by atomic mass is 9.99. The van der Waals surface area contributed by atoms with Crippen LogP contribution in [0, 0.1) is 0 Å². The van der Waals surface area contributed by atoms with Crippen molar-refractivity contribution in [2.45, 2.75) is 0 Å². The molecular formula is C48H27N5. The molecule has 0 spiro atoms. The van der Waals surface area contributed by atoms with Crippen LogP contribution in [0.5, 0.6) is 0 Å². The van der Waals surface area contributed by atoms with Crippen molar-refractivity contribution in [3.8, 4) is 11.6 Å². The second kappa shape index (κ2) is 9.75. The van der Waals surface area contributed by atoms with E-state index in [0.717, 1.165) is 44.5 Å². The van der Waals surface area contributed by atoms with E-state index in [-0.39, 0.29) is 0 Å². The van der Waals surface area contributed by atoms with Gasteiger partial charge in [-0.2, -0.15) is 0 Å². The first-order chi connectivity index (χ1) is 26.3. The molecule has 0 aliphatic rings. The van der Waals surface area contributed by atoms with Crippen molar-refractivity contribution in [3.05, 3.63) is 164 Å². The molecule has 5 aromatic heterocycles. The molecule has 0 fully saturated rings. The zero-order valence-corrected chi connectivity index (χ0v) is 28.3. The van der Waals surface area contributed by atoms with E-state index in [1.54, 1.807) is 0 Å². The van der Waals surface area contributed by atoms with Gasteiger partial charge in [-0.3, -0.25) is 9.13 Å². The highest BCUT2D eigenvalue weighted by atomic mass is 15.3. The average Bonchev–Trinajstić information content (AvgIpc) is 3.94. The van der Waals surface area contributed by atoms with Gasteiger partial charge in [-0.25, -0.2) is 0 Å². The van der Waals surface area contributed by atoms with E-state index in [4.69, 9.17) is 10.2 Å². The van der Waals surface area contributed by atoms with Crippen LogP contribution < -0.4 is 0 Å². The maximum Gasteiger partial charge on any atom is 0.168 e. The van der Waals surface area contributed by atoms with E-state index in [9.17, 15) is 0 Å². The number of hydrogen-bond acceptors (Lipinski definition) is 2. The van der Waals surface area contributed by atoms with Crippen molar-refractivity contribution in [2.75, 3.05) is 0 Å². The summed E-state index contributed by atoms with van der Waals surface area (Å²) < 4.78 is 7.13. The summed E-state index contributed by atoms with van der Waals surface area (Å²) in [6.45, 7) is 0. The molecule has 53 heavy (non-hydrogen) atoms. The fraction of sp³-hybridized carbons (Fsp3) is 0. The van der Waals surface area contributed by atoms with Gasteiger partial charge in [0.05, 0.1) is 38.6 Å². The Labute approximate surface area is 301 Å². The third-order valence-corrected chi connectivity index (χ3v) is 11.6. The summed E-state index contributed by atoms with van der Waals surface area (Å²) in [4.78, 5) is 0. The van der Waals surface area contributed by atoms with Crippen molar-refractivity contribution in [1.82, 2.24) is 23.7 Å². The van der Waals surface area contributed by atoms with E-state index in [1.807, 2.05) is 0 Å². The van der Waals surface area contributed by atoms with Crippen molar-refractivity contribution in [3.63, 3.8) is 0 Å². The third-order valence-electron chi connectivity index (χ3n) is 11.6. The lowest BCUT2D eigenvalue weighted by Gasteiger charge is -2.14. The largest absolute Gasteiger partial charge is 0.308 e. The Balaban J connectivity index is 1.24. The molecule has 13 rings (SSSR count). The SMILES string of the molecule is c1ccc2c(c1)ccc1c2c2c3c4ccccc4n4c5ccccc5c(cc2n1-c1nnc(-n2c5ccccc5c5ccccc52)c2ccccc12)c34. The van der Waals surface area contributed by atoms with Crippen molar-refractivity contribution >= 4 is 103 Å².